The number of pyridine rings is 1. The van der Waals surface area contributed by atoms with Crippen molar-refractivity contribution in [1.82, 2.24) is 4.98 Å². The van der Waals surface area contributed by atoms with E-state index in [2.05, 4.69) is 4.98 Å². The molecule has 1 aliphatic heterocycles. The van der Waals surface area contributed by atoms with Crippen molar-refractivity contribution in [2.75, 3.05) is 0 Å². The maximum Gasteiger partial charge on any atom is 0.500 e. The summed E-state index contributed by atoms with van der Waals surface area (Å²) < 4.78 is 18.0. The zero-order chi connectivity index (χ0) is 15.2. The molecule has 0 amide bonds. The molecule has 1 aromatic heterocycles. The molecule has 2 rings (SSSR count). The number of hydrogen-bond donors (Lipinski definition) is 0. The maximum atomic E-state index is 6.06. The van der Waals surface area contributed by atoms with Crippen LogP contribution in [0.2, 0.25) is 0 Å². The van der Waals surface area contributed by atoms with E-state index < -0.39 is 7.12 Å². The van der Waals surface area contributed by atoms with Crippen LogP contribution < -0.4 is 10.2 Å². The average Bonchev–Trinajstić information content (AvgIpc) is 2.46. The maximum absolute atomic E-state index is 6.06. The molecule has 4 nitrogen and oxygen atoms in total. The van der Waals surface area contributed by atoms with Crippen LogP contribution in [0.15, 0.2) is 18.3 Å². The molecule has 0 radical (unpaired) electrons. The van der Waals surface area contributed by atoms with E-state index in [1.165, 1.54) is 0 Å². The van der Waals surface area contributed by atoms with E-state index in [0.29, 0.717) is 5.88 Å². The van der Waals surface area contributed by atoms with Crippen LogP contribution in [-0.2, 0) is 9.31 Å². The van der Waals surface area contributed by atoms with Crippen LogP contribution in [0.3, 0.4) is 0 Å². The lowest BCUT2D eigenvalue weighted by atomic mass is 9.67. The van der Waals surface area contributed by atoms with Crippen molar-refractivity contribution < 1.29 is 14.0 Å². The summed E-state index contributed by atoms with van der Waals surface area (Å²) in [6.07, 6.45) is 1.72. The molecule has 0 saturated carbocycles. The third-order valence-electron chi connectivity index (χ3n) is 3.71. The number of aromatic nitrogens is 1. The van der Waals surface area contributed by atoms with Gasteiger partial charge in [0.2, 0.25) is 5.88 Å². The summed E-state index contributed by atoms with van der Waals surface area (Å²) >= 11 is 0. The first-order chi connectivity index (χ1) is 9.02. The molecule has 20 heavy (non-hydrogen) atoms. The van der Waals surface area contributed by atoms with E-state index >= 15 is 0 Å². The molecule has 1 fully saturated rings. The van der Waals surface area contributed by atoms with Crippen molar-refractivity contribution >= 4 is 28.3 Å². The van der Waals surface area contributed by atoms with Crippen molar-refractivity contribution in [3.05, 3.63) is 18.3 Å². The molecule has 2 heterocycles. The van der Waals surface area contributed by atoms with Gasteiger partial charge >= 0.3 is 7.12 Å². The molecule has 1 aromatic rings. The van der Waals surface area contributed by atoms with E-state index in [1.807, 2.05) is 62.4 Å². The quantitative estimate of drug-likeness (QED) is 0.709. The molecule has 1 saturated heterocycles. The molecule has 0 bridgehead atoms. The second-order valence-corrected chi connectivity index (χ2v) is 7.20. The van der Waals surface area contributed by atoms with E-state index in [1.54, 1.807) is 6.20 Å². The van der Waals surface area contributed by atoms with Crippen molar-refractivity contribution in [3.8, 4) is 5.88 Å². The van der Waals surface area contributed by atoms with Crippen molar-refractivity contribution in [1.29, 1.82) is 0 Å². The topological polar surface area (TPSA) is 40.6 Å². The summed E-state index contributed by atoms with van der Waals surface area (Å²) in [4.78, 5) is 4.32. The Hall–Kier alpha value is -0.935. The van der Waals surface area contributed by atoms with Gasteiger partial charge in [-0.2, -0.15) is 0 Å². The molecule has 0 aromatic carbocycles. The first-order valence-corrected chi connectivity index (χ1v) is 7.01. The molecule has 0 spiro atoms. The molecule has 1 aliphatic rings. The van der Waals surface area contributed by atoms with Gasteiger partial charge in [-0.1, -0.05) is 6.07 Å². The number of hydrogen-bond acceptors (Lipinski definition) is 4. The lowest BCUT2D eigenvalue weighted by molar-refractivity contribution is 0.00578. The van der Waals surface area contributed by atoms with Crippen LogP contribution in [0.5, 0.6) is 5.88 Å². The Balaban J connectivity index is 2.31. The highest BCUT2D eigenvalue weighted by molar-refractivity contribution is 6.63. The largest absolute Gasteiger partial charge is 0.500 e. The lowest BCUT2D eigenvalue weighted by Gasteiger charge is -2.32. The van der Waals surface area contributed by atoms with Gasteiger partial charge in [-0.25, -0.2) is 4.98 Å². The first-order valence-electron chi connectivity index (χ1n) is 7.01. The summed E-state index contributed by atoms with van der Waals surface area (Å²) in [6, 6.07) is 3.81. The molecule has 0 atom stereocenters. The highest BCUT2D eigenvalue weighted by atomic mass is 16.7. The minimum absolute atomic E-state index is 0.313. The third-order valence-corrected chi connectivity index (χ3v) is 3.71. The van der Waals surface area contributed by atoms with E-state index in [9.17, 15) is 0 Å². The molecular formula is C13H22B3NO3. The number of rotatable bonds is 3. The van der Waals surface area contributed by atoms with Gasteiger partial charge in [-0.3, -0.25) is 0 Å². The van der Waals surface area contributed by atoms with Gasteiger partial charge in [0.1, 0.15) is 15.7 Å². The van der Waals surface area contributed by atoms with Crippen LogP contribution in [0.1, 0.15) is 34.6 Å². The fourth-order valence-corrected chi connectivity index (χ4v) is 1.93. The lowest BCUT2D eigenvalue weighted by Crippen LogP contribution is -2.41. The summed E-state index contributed by atoms with van der Waals surface area (Å²) in [6.45, 7) is 10.1. The Morgan fingerprint density at radius 2 is 1.75 bits per heavy atom. The third kappa shape index (κ3) is 3.04. The predicted octanol–water partition coefficient (Wildman–Crippen LogP) is -0.300. The Kier molecular flexibility index (Phi) is 3.72. The highest BCUT2D eigenvalue weighted by Crippen LogP contribution is 2.37. The first kappa shape index (κ1) is 15.5. The van der Waals surface area contributed by atoms with Crippen LogP contribution >= 0.6 is 0 Å². The minimum Gasteiger partial charge on any atom is -0.491 e. The summed E-state index contributed by atoms with van der Waals surface area (Å²) in [5.74, 6) is 0.568. The van der Waals surface area contributed by atoms with Gasteiger partial charge in [0.05, 0.1) is 11.2 Å². The van der Waals surface area contributed by atoms with Crippen LogP contribution in [0, 0.1) is 0 Å². The zero-order valence-corrected chi connectivity index (χ0v) is 13.5. The highest BCUT2D eigenvalue weighted by Gasteiger charge is 2.52. The second-order valence-electron chi connectivity index (χ2n) is 7.20. The monoisotopic (exact) mass is 273 g/mol. The normalized spacial score (nSPS) is 20.9. The van der Waals surface area contributed by atoms with Gasteiger partial charge in [-0.15, -0.1) is 0 Å². The average molecular weight is 273 g/mol. The fraction of sp³-hybridized carbons (Fsp3) is 0.615. The van der Waals surface area contributed by atoms with Crippen molar-refractivity contribution in [2.24, 2.45) is 0 Å². The zero-order valence-electron chi connectivity index (χ0n) is 13.5. The number of nitrogens with zero attached hydrogens (tertiary/aromatic N) is 1. The number of ether oxygens (including phenoxy) is 1. The minimum atomic E-state index is -0.453. The Bertz CT molecular complexity index is 484. The van der Waals surface area contributed by atoms with Crippen LogP contribution in [0.25, 0.3) is 0 Å². The summed E-state index contributed by atoms with van der Waals surface area (Å²) in [5.41, 5.74) is 0.0972. The molecular weight excluding hydrogens is 251 g/mol. The Morgan fingerprint density at radius 3 is 2.25 bits per heavy atom. The predicted molar refractivity (Wildman–Crippen MR) is 86.1 cm³/mol. The van der Waals surface area contributed by atoms with E-state index in [-0.39, 0.29) is 16.6 Å². The standard InChI is InChI=1S/C13H22B3NO3/c1-11(2)12(3,4)20-16(19-11)9-7-6-8-17-10(9)18-13(5,14)15/h6-8H,14-15H2,1-5H3. The smallest absolute Gasteiger partial charge is 0.491 e. The van der Waals surface area contributed by atoms with Crippen molar-refractivity contribution in [2.45, 2.75) is 51.2 Å². The molecule has 0 N–H and O–H groups in total. The van der Waals surface area contributed by atoms with Gasteiger partial charge in [0.25, 0.3) is 0 Å². The van der Waals surface area contributed by atoms with Gasteiger partial charge in [0.15, 0.2) is 0 Å². The second kappa shape index (κ2) is 4.81. The Labute approximate surface area is 123 Å². The van der Waals surface area contributed by atoms with Gasteiger partial charge < -0.3 is 14.0 Å². The van der Waals surface area contributed by atoms with E-state index in [4.69, 9.17) is 14.0 Å². The molecule has 106 valence electrons. The SMILES string of the molecule is BC(B)(C)Oc1ncccc1B1OC(C)(C)C(C)(C)O1. The van der Waals surface area contributed by atoms with Crippen LogP contribution in [0.4, 0.5) is 0 Å². The van der Waals surface area contributed by atoms with Crippen molar-refractivity contribution in [3.63, 3.8) is 0 Å². The van der Waals surface area contributed by atoms with Crippen LogP contribution in [-0.4, -0.2) is 44.4 Å². The molecule has 0 aliphatic carbocycles. The van der Waals surface area contributed by atoms with E-state index in [0.717, 1.165) is 5.46 Å². The summed E-state index contributed by atoms with van der Waals surface area (Å²) in [5, 5.41) is -0.313. The van der Waals surface area contributed by atoms with Gasteiger partial charge in [0, 0.05) is 17.1 Å². The Morgan fingerprint density at radius 1 is 1.20 bits per heavy atom. The molecule has 0 unspecified atom stereocenters. The molecule has 7 heteroatoms. The fourth-order valence-electron chi connectivity index (χ4n) is 1.93. The summed E-state index contributed by atoms with van der Waals surface area (Å²) in [7, 11) is 3.54. The van der Waals surface area contributed by atoms with Gasteiger partial charge in [-0.05, 0) is 40.7 Å².